The van der Waals surface area contributed by atoms with E-state index in [0.29, 0.717) is 25.3 Å². The number of hydrogen-bond acceptors (Lipinski definition) is 4. The summed E-state index contributed by atoms with van der Waals surface area (Å²) < 4.78 is 30.1. The molecule has 1 atom stereocenters. The second-order valence-corrected chi connectivity index (χ2v) is 8.90. The van der Waals surface area contributed by atoms with Crippen molar-refractivity contribution in [2.45, 2.75) is 40.3 Å². The number of carbonyl (C=O) groups is 2. The van der Waals surface area contributed by atoms with E-state index in [1.807, 2.05) is 32.7 Å². The Balaban J connectivity index is 2.07. The van der Waals surface area contributed by atoms with Gasteiger partial charge >= 0.3 is 0 Å². The van der Waals surface area contributed by atoms with E-state index in [1.54, 1.807) is 11.6 Å². The number of hydrogen-bond donors (Lipinski definition) is 1. The number of rotatable bonds is 5. The second kappa shape index (κ2) is 8.26. The van der Waals surface area contributed by atoms with Gasteiger partial charge in [0.25, 0.3) is 0 Å². The summed E-state index contributed by atoms with van der Waals surface area (Å²) in [7, 11) is 3.47. The molecule has 2 heterocycles. The Morgan fingerprint density at radius 1 is 1.23 bits per heavy atom. The third kappa shape index (κ3) is 4.28. The molecule has 1 amide bonds. The summed E-state index contributed by atoms with van der Waals surface area (Å²) >= 11 is 0. The zero-order chi connectivity index (χ0) is 22.2. The van der Waals surface area contributed by atoms with Crippen molar-refractivity contribution in [1.29, 1.82) is 0 Å². The fourth-order valence-electron chi connectivity index (χ4n) is 3.84. The van der Waals surface area contributed by atoms with Crippen LogP contribution < -0.4 is 5.32 Å². The van der Waals surface area contributed by atoms with Gasteiger partial charge in [0.15, 0.2) is 5.78 Å². The number of fused-ring (bicyclic) bond motifs is 1. The molecule has 3 rings (SSSR count). The van der Waals surface area contributed by atoms with Crippen LogP contribution in [0.3, 0.4) is 0 Å². The Hall–Kier alpha value is -2.61. The maximum atomic E-state index is 14.5. The first-order valence-corrected chi connectivity index (χ1v) is 10.0. The molecule has 0 spiro atoms. The largest absolute Gasteiger partial charge is 0.359 e. The summed E-state index contributed by atoms with van der Waals surface area (Å²) in [6.45, 7) is 7.39. The number of imidazole rings is 1. The summed E-state index contributed by atoms with van der Waals surface area (Å²) in [6.07, 6.45) is -0.0119. The van der Waals surface area contributed by atoms with Crippen LogP contribution in [0.25, 0.3) is 11.4 Å². The minimum absolute atomic E-state index is 0.0119. The number of amides is 1. The van der Waals surface area contributed by atoms with Gasteiger partial charge in [0, 0.05) is 33.1 Å². The molecule has 1 aromatic carbocycles. The van der Waals surface area contributed by atoms with E-state index in [1.165, 1.54) is 0 Å². The Bertz CT molecular complexity index is 978. The van der Waals surface area contributed by atoms with E-state index in [4.69, 9.17) is 0 Å². The topological polar surface area (TPSA) is 67.2 Å². The van der Waals surface area contributed by atoms with Crippen molar-refractivity contribution in [1.82, 2.24) is 19.8 Å². The smallest absolute Gasteiger partial charge is 0.223 e. The predicted octanol–water partition coefficient (Wildman–Crippen LogP) is 3.25. The highest BCUT2D eigenvalue weighted by molar-refractivity contribution is 5.99. The highest BCUT2D eigenvalue weighted by Crippen LogP contribution is 2.33. The molecule has 0 saturated heterocycles. The lowest BCUT2D eigenvalue weighted by Crippen LogP contribution is -2.38. The van der Waals surface area contributed by atoms with Gasteiger partial charge in [0.05, 0.1) is 17.2 Å². The number of nitrogens with zero attached hydrogens (tertiary/aromatic N) is 3. The van der Waals surface area contributed by atoms with E-state index < -0.39 is 23.0 Å². The zero-order valence-electron chi connectivity index (χ0n) is 18.1. The first-order valence-electron chi connectivity index (χ1n) is 10.0. The molecule has 0 aliphatic carbocycles. The molecule has 30 heavy (non-hydrogen) atoms. The molecule has 2 aromatic rings. The molecular formula is C22H28F2N4O2. The molecule has 6 nitrogen and oxygen atoms in total. The van der Waals surface area contributed by atoms with Crippen LogP contribution in [0.15, 0.2) is 18.2 Å². The molecule has 0 bridgehead atoms. The minimum Gasteiger partial charge on any atom is -0.359 e. The standard InChI is InChI=1S/C22H28F2N4O2/c1-22(2,3)15(21(30)25-4)11-18(29)19-17-12-27(5)8-9-28(17)20(26-19)14-10-13(23)6-7-16(14)24/h6-7,10,15H,8-9,11-12H2,1-5H3,(H,25,30)/t15-/m1/s1. The van der Waals surface area contributed by atoms with Gasteiger partial charge in [-0.05, 0) is 30.7 Å². The average Bonchev–Trinajstić information content (AvgIpc) is 3.04. The van der Waals surface area contributed by atoms with Crippen molar-refractivity contribution >= 4 is 11.7 Å². The molecule has 0 saturated carbocycles. The van der Waals surface area contributed by atoms with Crippen molar-refractivity contribution < 1.29 is 18.4 Å². The Morgan fingerprint density at radius 2 is 1.93 bits per heavy atom. The van der Waals surface area contributed by atoms with Crippen LogP contribution in [-0.2, 0) is 17.9 Å². The number of halogens is 2. The monoisotopic (exact) mass is 418 g/mol. The SMILES string of the molecule is CNC(=O)[C@@H](CC(=O)c1nc(-c2cc(F)ccc2F)n2c1CN(C)CC2)C(C)(C)C. The maximum absolute atomic E-state index is 14.5. The number of aromatic nitrogens is 2. The molecule has 0 radical (unpaired) electrons. The number of Topliss-reactive ketones (excluding diaryl/α,β-unsaturated/α-hetero) is 1. The third-order valence-corrected chi connectivity index (χ3v) is 5.63. The quantitative estimate of drug-likeness (QED) is 0.757. The average molecular weight is 418 g/mol. The van der Waals surface area contributed by atoms with Gasteiger partial charge in [-0.3, -0.25) is 14.5 Å². The minimum atomic E-state index is -0.597. The molecule has 0 unspecified atom stereocenters. The van der Waals surface area contributed by atoms with Gasteiger partial charge in [-0.25, -0.2) is 13.8 Å². The molecule has 0 fully saturated rings. The summed E-state index contributed by atoms with van der Waals surface area (Å²) in [5, 5.41) is 2.63. The summed E-state index contributed by atoms with van der Waals surface area (Å²) in [5.41, 5.74) is 0.484. The van der Waals surface area contributed by atoms with Gasteiger partial charge in [-0.15, -0.1) is 0 Å². The van der Waals surface area contributed by atoms with Crippen LogP contribution in [0.2, 0.25) is 0 Å². The van der Waals surface area contributed by atoms with E-state index in [0.717, 1.165) is 18.2 Å². The fraction of sp³-hybridized carbons (Fsp3) is 0.500. The first-order chi connectivity index (χ1) is 14.0. The summed E-state index contributed by atoms with van der Waals surface area (Å²) in [4.78, 5) is 32.1. The summed E-state index contributed by atoms with van der Waals surface area (Å²) in [5.74, 6) is -1.95. The zero-order valence-corrected chi connectivity index (χ0v) is 18.1. The molecule has 1 aliphatic rings. The van der Waals surface area contributed by atoms with Crippen LogP contribution in [0, 0.1) is 23.0 Å². The molecular weight excluding hydrogens is 390 g/mol. The highest BCUT2D eigenvalue weighted by atomic mass is 19.1. The number of ketones is 1. The predicted molar refractivity (Wildman–Crippen MR) is 110 cm³/mol. The van der Waals surface area contributed by atoms with Crippen molar-refractivity contribution in [2.75, 3.05) is 20.6 Å². The lowest BCUT2D eigenvalue weighted by atomic mass is 9.77. The lowest BCUT2D eigenvalue weighted by Gasteiger charge is -2.29. The molecule has 1 N–H and O–H groups in total. The number of carbonyl (C=O) groups excluding carboxylic acids is 2. The van der Waals surface area contributed by atoms with Gasteiger partial charge in [-0.2, -0.15) is 0 Å². The number of benzene rings is 1. The Kier molecular flexibility index (Phi) is 6.08. The third-order valence-electron chi connectivity index (χ3n) is 5.63. The molecule has 162 valence electrons. The Labute approximate surface area is 175 Å². The lowest BCUT2D eigenvalue weighted by molar-refractivity contribution is -0.127. The molecule has 1 aliphatic heterocycles. The van der Waals surface area contributed by atoms with Crippen molar-refractivity contribution in [3.63, 3.8) is 0 Å². The van der Waals surface area contributed by atoms with Crippen LogP contribution in [0.1, 0.15) is 43.4 Å². The van der Waals surface area contributed by atoms with Gasteiger partial charge < -0.3 is 9.88 Å². The molecule has 1 aromatic heterocycles. The van der Waals surface area contributed by atoms with Gasteiger partial charge in [-0.1, -0.05) is 20.8 Å². The van der Waals surface area contributed by atoms with Crippen LogP contribution in [0.5, 0.6) is 0 Å². The summed E-state index contributed by atoms with van der Waals surface area (Å²) in [6, 6.07) is 3.21. The van der Waals surface area contributed by atoms with Crippen LogP contribution in [0.4, 0.5) is 8.78 Å². The van der Waals surface area contributed by atoms with E-state index >= 15 is 0 Å². The highest BCUT2D eigenvalue weighted by Gasteiger charge is 2.35. The van der Waals surface area contributed by atoms with E-state index in [2.05, 4.69) is 10.3 Å². The maximum Gasteiger partial charge on any atom is 0.223 e. The van der Waals surface area contributed by atoms with Crippen molar-refractivity contribution in [3.05, 3.63) is 41.2 Å². The van der Waals surface area contributed by atoms with Crippen LogP contribution >= 0.6 is 0 Å². The van der Waals surface area contributed by atoms with Crippen LogP contribution in [-0.4, -0.2) is 46.8 Å². The normalized spacial score (nSPS) is 15.6. The van der Waals surface area contributed by atoms with Crippen molar-refractivity contribution in [2.24, 2.45) is 11.3 Å². The van der Waals surface area contributed by atoms with Gasteiger partial charge in [0.1, 0.15) is 23.2 Å². The number of nitrogens with one attached hydrogen (secondary N) is 1. The fourth-order valence-corrected chi connectivity index (χ4v) is 3.84. The van der Waals surface area contributed by atoms with E-state index in [9.17, 15) is 18.4 Å². The Morgan fingerprint density at radius 3 is 2.57 bits per heavy atom. The van der Waals surface area contributed by atoms with E-state index in [-0.39, 0.29) is 35.2 Å². The van der Waals surface area contributed by atoms with Gasteiger partial charge in [0.2, 0.25) is 5.91 Å². The first kappa shape index (κ1) is 22.1. The van der Waals surface area contributed by atoms with Crippen molar-refractivity contribution in [3.8, 4) is 11.4 Å². The number of likely N-dealkylation sites (N-methyl/N-ethyl adjacent to an activating group) is 1. The molecule has 8 heteroatoms. The second-order valence-electron chi connectivity index (χ2n) is 8.90.